The predicted octanol–water partition coefficient (Wildman–Crippen LogP) is 6.73. The quantitative estimate of drug-likeness (QED) is 0.190. The molecule has 0 saturated heterocycles. The van der Waals surface area contributed by atoms with E-state index in [1.165, 1.54) is 12.1 Å². The number of nitrogens with one attached hydrogen (secondary N) is 1. The van der Waals surface area contributed by atoms with Gasteiger partial charge in [-0.1, -0.05) is 73.1 Å². The van der Waals surface area contributed by atoms with Gasteiger partial charge in [0.1, 0.15) is 0 Å². The Morgan fingerprint density at radius 3 is 2.09 bits per heavy atom. The summed E-state index contributed by atoms with van der Waals surface area (Å²) < 4.78 is 30.2. The molecule has 0 bridgehead atoms. The highest BCUT2D eigenvalue weighted by Gasteiger charge is 2.29. The Hall–Kier alpha value is -3.98. The van der Waals surface area contributed by atoms with Crippen molar-refractivity contribution in [2.24, 2.45) is 0 Å². The van der Waals surface area contributed by atoms with Crippen LogP contribution in [0.4, 0.5) is 5.69 Å². The number of hydrogen-bond donors (Lipinski definition) is 1. The topological polar surface area (TPSA) is 92.8 Å². The van der Waals surface area contributed by atoms with Crippen LogP contribution in [0, 0.1) is 0 Å². The van der Waals surface area contributed by atoms with Crippen molar-refractivity contribution in [3.05, 3.63) is 130 Å². The molecule has 0 fully saturated rings. The number of hydrogen-bond acceptors (Lipinski definition) is 5. The van der Waals surface area contributed by atoms with Crippen molar-refractivity contribution in [2.45, 2.75) is 43.9 Å². The van der Waals surface area contributed by atoms with Gasteiger partial charge >= 0.3 is 0 Å². The van der Waals surface area contributed by atoms with Gasteiger partial charge in [0, 0.05) is 23.3 Å². The summed E-state index contributed by atoms with van der Waals surface area (Å²) in [7, 11) is -1.55. The van der Waals surface area contributed by atoms with Crippen molar-refractivity contribution in [2.75, 3.05) is 18.1 Å². The lowest BCUT2D eigenvalue weighted by Crippen LogP contribution is -2.38. The molecule has 224 valence electrons. The molecule has 2 atom stereocenters. The Balaban J connectivity index is 1.42. The van der Waals surface area contributed by atoms with Gasteiger partial charge in [-0.05, 0) is 72.1 Å². The number of nitrogens with zero attached hydrogens (tertiary/aromatic N) is 1. The van der Waals surface area contributed by atoms with Crippen LogP contribution in [0.3, 0.4) is 0 Å². The Labute approximate surface area is 258 Å². The summed E-state index contributed by atoms with van der Waals surface area (Å²) in [5.41, 5.74) is 3.63. The molecule has 0 unspecified atom stereocenters. The second-order valence-corrected chi connectivity index (χ2v) is 13.0. The van der Waals surface area contributed by atoms with E-state index >= 15 is 0 Å². The molecular formula is C34H35ClN2O5S. The summed E-state index contributed by atoms with van der Waals surface area (Å²) in [6.45, 7) is 3.94. The van der Waals surface area contributed by atoms with Crippen LogP contribution >= 0.6 is 11.6 Å². The average molecular weight is 619 g/mol. The minimum atomic E-state index is -3.30. The molecule has 9 heteroatoms. The van der Waals surface area contributed by atoms with Gasteiger partial charge in [-0.25, -0.2) is 8.42 Å². The molecule has 4 aromatic rings. The summed E-state index contributed by atoms with van der Waals surface area (Å²) in [5.74, 6) is -0.436. The van der Waals surface area contributed by atoms with Crippen molar-refractivity contribution in [1.29, 1.82) is 0 Å². The lowest BCUT2D eigenvalue weighted by molar-refractivity contribution is -0.115. The molecule has 2 amide bonds. The fourth-order valence-electron chi connectivity index (χ4n) is 4.76. The molecule has 4 aromatic carbocycles. The maximum Gasteiger partial charge on any atom is 0.254 e. The number of rotatable bonds is 12. The van der Waals surface area contributed by atoms with E-state index in [0.717, 1.165) is 11.1 Å². The van der Waals surface area contributed by atoms with E-state index in [1.54, 1.807) is 67.4 Å². The highest BCUT2D eigenvalue weighted by molar-refractivity contribution is 7.91. The van der Waals surface area contributed by atoms with Gasteiger partial charge in [-0.15, -0.1) is 0 Å². The molecule has 0 radical (unpaired) electrons. The first-order chi connectivity index (χ1) is 20.6. The molecule has 0 saturated carbocycles. The second kappa shape index (κ2) is 14.5. The first-order valence-corrected chi connectivity index (χ1v) is 16.0. The Morgan fingerprint density at radius 1 is 0.860 bits per heavy atom. The third-order valence-corrected chi connectivity index (χ3v) is 9.19. The third kappa shape index (κ3) is 8.54. The lowest BCUT2D eigenvalue weighted by Gasteiger charge is -2.33. The van der Waals surface area contributed by atoms with Crippen LogP contribution in [-0.2, 0) is 32.4 Å². The zero-order chi connectivity index (χ0) is 31.0. The van der Waals surface area contributed by atoms with E-state index in [1.807, 2.05) is 49.4 Å². The minimum Gasteiger partial charge on any atom is -0.371 e. The number of anilines is 1. The van der Waals surface area contributed by atoms with E-state index in [2.05, 4.69) is 5.32 Å². The number of benzene rings is 4. The Morgan fingerprint density at radius 2 is 1.49 bits per heavy atom. The zero-order valence-corrected chi connectivity index (χ0v) is 25.9. The van der Waals surface area contributed by atoms with Crippen LogP contribution in [0.2, 0.25) is 5.02 Å². The van der Waals surface area contributed by atoms with Crippen LogP contribution in [0.1, 0.15) is 46.9 Å². The van der Waals surface area contributed by atoms with Crippen LogP contribution < -0.4 is 5.32 Å². The maximum absolute atomic E-state index is 13.6. The number of amides is 2. The largest absolute Gasteiger partial charge is 0.371 e. The van der Waals surface area contributed by atoms with Crippen molar-refractivity contribution >= 4 is 38.9 Å². The average Bonchev–Trinajstić information content (AvgIpc) is 3.01. The first kappa shape index (κ1) is 31.9. The number of halogens is 1. The predicted molar refractivity (Wildman–Crippen MR) is 170 cm³/mol. The van der Waals surface area contributed by atoms with Crippen LogP contribution in [0.25, 0.3) is 0 Å². The summed E-state index contributed by atoms with van der Waals surface area (Å²) in [6.07, 6.45) is -0.246. The zero-order valence-electron chi connectivity index (χ0n) is 24.4. The maximum atomic E-state index is 13.6. The van der Waals surface area contributed by atoms with Crippen LogP contribution in [-0.4, -0.2) is 44.0 Å². The van der Waals surface area contributed by atoms with E-state index in [0.29, 0.717) is 28.4 Å². The van der Waals surface area contributed by atoms with Crippen molar-refractivity contribution < 1.29 is 22.7 Å². The van der Waals surface area contributed by atoms with E-state index < -0.39 is 9.84 Å². The monoisotopic (exact) mass is 618 g/mol. The molecule has 4 rings (SSSR count). The fourth-order valence-corrected chi connectivity index (χ4v) is 5.77. The molecular weight excluding hydrogens is 584 g/mol. The highest BCUT2D eigenvalue weighted by atomic mass is 35.5. The number of sulfone groups is 1. The molecule has 1 N–H and O–H groups in total. The Bertz CT molecular complexity index is 1630. The molecule has 0 aliphatic heterocycles. The summed E-state index contributed by atoms with van der Waals surface area (Å²) in [6, 6.07) is 29.9. The SMILES string of the molecule is CCS(=O)(=O)c1ccc(CC(=O)Nc2ccc(C(=O)N(C)[C@@H](c3ccc(Cl)cc3)[C@H](C)OCc3ccccc3)cc2)cc1. The number of carbonyl (C=O) groups is 2. The van der Waals surface area contributed by atoms with Gasteiger partial charge in [-0.2, -0.15) is 0 Å². The van der Waals surface area contributed by atoms with Gasteiger partial charge in [0.2, 0.25) is 5.91 Å². The second-order valence-electron chi connectivity index (χ2n) is 10.3. The summed E-state index contributed by atoms with van der Waals surface area (Å²) in [5, 5.41) is 3.44. The molecule has 7 nitrogen and oxygen atoms in total. The molecule has 0 heterocycles. The number of ether oxygens (including phenoxy) is 1. The standard InChI is InChI=1S/C34H35ClN2O5S/c1-4-43(40,41)31-20-10-25(11-21-31)22-32(38)36-30-18-14-28(15-19-30)34(39)37(3)33(27-12-16-29(35)17-13-27)24(2)42-23-26-8-6-5-7-9-26/h5-21,24,33H,4,22-23H2,1-3H3,(H,36,38)/t24-,33+/m0/s1. The van der Waals surface area contributed by atoms with E-state index in [9.17, 15) is 18.0 Å². The van der Waals surface area contributed by atoms with E-state index in [-0.39, 0.29) is 41.0 Å². The van der Waals surface area contributed by atoms with Crippen LogP contribution in [0.15, 0.2) is 108 Å². The minimum absolute atomic E-state index is 0.0178. The molecule has 0 aliphatic carbocycles. The number of carbonyl (C=O) groups excluding carboxylic acids is 2. The van der Waals surface area contributed by atoms with Gasteiger partial charge in [0.05, 0.1) is 35.8 Å². The van der Waals surface area contributed by atoms with Crippen molar-refractivity contribution in [3.8, 4) is 0 Å². The first-order valence-electron chi connectivity index (χ1n) is 14.0. The van der Waals surface area contributed by atoms with Crippen molar-refractivity contribution in [3.63, 3.8) is 0 Å². The Kier molecular flexibility index (Phi) is 10.7. The molecule has 0 aliphatic rings. The molecule has 0 aromatic heterocycles. The molecule has 43 heavy (non-hydrogen) atoms. The third-order valence-electron chi connectivity index (χ3n) is 7.19. The van der Waals surface area contributed by atoms with Crippen molar-refractivity contribution in [1.82, 2.24) is 4.90 Å². The smallest absolute Gasteiger partial charge is 0.254 e. The summed E-state index contributed by atoms with van der Waals surface area (Å²) in [4.78, 5) is 28.1. The van der Waals surface area contributed by atoms with Crippen LogP contribution in [0.5, 0.6) is 0 Å². The molecule has 0 spiro atoms. The lowest BCUT2D eigenvalue weighted by atomic mass is 9.99. The van der Waals surface area contributed by atoms with E-state index in [4.69, 9.17) is 16.3 Å². The fraction of sp³-hybridized carbons (Fsp3) is 0.235. The highest BCUT2D eigenvalue weighted by Crippen LogP contribution is 2.29. The number of likely N-dealkylation sites (N-methyl/N-ethyl adjacent to an activating group) is 1. The van der Waals surface area contributed by atoms with Gasteiger partial charge in [-0.3, -0.25) is 9.59 Å². The van der Waals surface area contributed by atoms with Gasteiger partial charge in [0.25, 0.3) is 5.91 Å². The van der Waals surface area contributed by atoms with Gasteiger partial charge < -0.3 is 15.0 Å². The van der Waals surface area contributed by atoms with Gasteiger partial charge in [0.15, 0.2) is 9.84 Å². The summed E-state index contributed by atoms with van der Waals surface area (Å²) >= 11 is 6.14. The normalized spacial score (nSPS) is 12.7.